The molecule has 9 atom stereocenters. The molecule has 4 nitrogen and oxygen atoms in total. The molecular weight excluding hydrogens is 374 g/mol. The van der Waals surface area contributed by atoms with Gasteiger partial charge in [0.05, 0.1) is 6.61 Å². The Morgan fingerprint density at radius 3 is 2.50 bits per heavy atom. The molecule has 5 fully saturated rings. The van der Waals surface area contributed by atoms with Gasteiger partial charge in [-0.15, -0.1) is 0 Å². The third kappa shape index (κ3) is 3.07. The summed E-state index contributed by atoms with van der Waals surface area (Å²) in [5, 5.41) is 13.8. The number of nitrogens with one attached hydrogen (secondary N) is 1. The minimum absolute atomic E-state index is 0.00104. The Kier molecular flexibility index (Phi) is 5.41. The van der Waals surface area contributed by atoms with Crippen LogP contribution in [-0.2, 0) is 9.59 Å². The van der Waals surface area contributed by atoms with E-state index < -0.39 is 0 Å². The second-order valence-corrected chi connectivity index (χ2v) is 12.0. The lowest BCUT2D eigenvalue weighted by Crippen LogP contribution is -2.61. The smallest absolute Gasteiger partial charge is 0.142 e. The maximum Gasteiger partial charge on any atom is 0.142 e. The lowest BCUT2D eigenvalue weighted by Gasteiger charge is -2.61. The van der Waals surface area contributed by atoms with Crippen molar-refractivity contribution >= 4 is 11.6 Å². The van der Waals surface area contributed by atoms with Crippen LogP contribution in [-0.4, -0.2) is 36.4 Å². The Bertz CT molecular complexity index is 700. The van der Waals surface area contributed by atoms with Crippen LogP contribution in [0.2, 0.25) is 0 Å². The van der Waals surface area contributed by atoms with Gasteiger partial charge in [0, 0.05) is 23.7 Å². The maximum absolute atomic E-state index is 13.8. The maximum atomic E-state index is 13.8. The topological polar surface area (TPSA) is 66.4 Å². The average molecular weight is 416 g/mol. The quantitative estimate of drug-likeness (QED) is 0.728. The first-order valence-electron chi connectivity index (χ1n) is 12.8. The Hall–Kier alpha value is -0.740. The van der Waals surface area contributed by atoms with E-state index in [1.165, 1.54) is 45.2 Å². The number of fused-ring (bicyclic) bond motifs is 5. The fourth-order valence-corrected chi connectivity index (χ4v) is 8.94. The van der Waals surface area contributed by atoms with Crippen LogP contribution in [0.5, 0.6) is 0 Å². The molecule has 0 radical (unpaired) electrons. The molecule has 1 aliphatic heterocycles. The number of ketones is 2. The van der Waals surface area contributed by atoms with Crippen molar-refractivity contribution in [1.29, 1.82) is 0 Å². The first-order valence-corrected chi connectivity index (χ1v) is 12.8. The van der Waals surface area contributed by atoms with Gasteiger partial charge in [-0.1, -0.05) is 20.3 Å². The first kappa shape index (κ1) is 21.1. The van der Waals surface area contributed by atoms with Crippen molar-refractivity contribution in [3.8, 4) is 0 Å². The predicted octanol–water partition coefficient (Wildman–Crippen LogP) is 4.00. The summed E-state index contributed by atoms with van der Waals surface area (Å²) in [4.78, 5) is 26.5. The minimum atomic E-state index is -0.285. The van der Waals surface area contributed by atoms with Gasteiger partial charge in [0.15, 0.2) is 0 Å². The number of rotatable bonds is 4. The summed E-state index contributed by atoms with van der Waals surface area (Å²) < 4.78 is 0. The summed E-state index contributed by atoms with van der Waals surface area (Å²) in [6.07, 6.45) is 11.1. The van der Waals surface area contributed by atoms with E-state index in [1.54, 1.807) is 0 Å². The van der Waals surface area contributed by atoms with Crippen molar-refractivity contribution in [2.75, 3.05) is 19.7 Å². The van der Waals surface area contributed by atoms with E-state index in [-0.39, 0.29) is 35.2 Å². The predicted molar refractivity (Wildman–Crippen MR) is 117 cm³/mol. The molecule has 0 aromatic heterocycles. The number of Topliss-reactive ketones (excluding diaryl/α,β-unsaturated/α-hetero) is 2. The fraction of sp³-hybridized carbons (Fsp3) is 0.923. The molecule has 4 aliphatic carbocycles. The molecule has 0 aromatic rings. The van der Waals surface area contributed by atoms with Crippen LogP contribution in [0.3, 0.4) is 0 Å². The number of hydrogen-bond donors (Lipinski definition) is 2. The monoisotopic (exact) mass is 415 g/mol. The Balaban J connectivity index is 1.37. The number of aliphatic hydroxyl groups is 1. The van der Waals surface area contributed by atoms with Crippen LogP contribution in [0.1, 0.15) is 78.1 Å². The molecule has 4 heteroatoms. The van der Waals surface area contributed by atoms with E-state index in [0.717, 1.165) is 31.6 Å². The summed E-state index contributed by atoms with van der Waals surface area (Å²) in [7, 11) is 0. The van der Waals surface area contributed by atoms with Gasteiger partial charge in [0.25, 0.3) is 0 Å². The highest BCUT2D eigenvalue weighted by molar-refractivity contribution is 5.91. The standard InChI is InChI=1S/C26H41NO3/c1-25-10-7-16(3-4-17-9-12-27-14-17)13-21(25)18(15-28)24(30)23-19-5-6-22(29)26(19,2)11-8-20(23)25/h16-21,23,27-28H,3-15H2,1-2H3/t16-,17?,18?,19?,20?,21?,23?,25+,26-/m0/s1. The zero-order valence-electron chi connectivity index (χ0n) is 19.0. The van der Waals surface area contributed by atoms with Crippen LogP contribution in [0, 0.1) is 52.3 Å². The van der Waals surface area contributed by atoms with Gasteiger partial charge in [-0.05, 0) is 99.5 Å². The normalized spacial score (nSPS) is 50.8. The summed E-state index contributed by atoms with van der Waals surface area (Å²) in [5.41, 5.74) is -0.128. The Morgan fingerprint density at radius 1 is 0.967 bits per heavy atom. The number of carbonyl (C=O) groups is 2. The van der Waals surface area contributed by atoms with E-state index in [0.29, 0.717) is 35.7 Å². The molecule has 0 amide bonds. The molecule has 4 saturated carbocycles. The highest BCUT2D eigenvalue weighted by atomic mass is 16.3. The first-order chi connectivity index (χ1) is 14.4. The Labute approximate surface area is 182 Å². The zero-order valence-corrected chi connectivity index (χ0v) is 19.0. The van der Waals surface area contributed by atoms with E-state index in [4.69, 9.17) is 0 Å². The van der Waals surface area contributed by atoms with Gasteiger partial charge in [0.2, 0.25) is 0 Å². The van der Waals surface area contributed by atoms with Gasteiger partial charge in [-0.2, -0.15) is 0 Å². The molecule has 5 aliphatic rings. The second kappa shape index (κ2) is 7.69. The zero-order chi connectivity index (χ0) is 21.1. The molecule has 2 N–H and O–H groups in total. The molecule has 1 heterocycles. The van der Waals surface area contributed by atoms with Crippen LogP contribution >= 0.6 is 0 Å². The van der Waals surface area contributed by atoms with Crippen molar-refractivity contribution in [1.82, 2.24) is 5.32 Å². The molecular formula is C26H41NO3. The van der Waals surface area contributed by atoms with E-state index in [2.05, 4.69) is 19.2 Å². The van der Waals surface area contributed by atoms with Crippen molar-refractivity contribution in [2.45, 2.75) is 78.1 Å². The summed E-state index contributed by atoms with van der Waals surface area (Å²) in [5.74, 6) is 3.02. The van der Waals surface area contributed by atoms with Crippen LogP contribution in [0.25, 0.3) is 0 Å². The lowest BCUT2D eigenvalue weighted by atomic mass is 9.42. The van der Waals surface area contributed by atoms with Crippen molar-refractivity contribution in [3.05, 3.63) is 0 Å². The van der Waals surface area contributed by atoms with Gasteiger partial charge in [-0.3, -0.25) is 9.59 Å². The molecule has 0 spiro atoms. The lowest BCUT2D eigenvalue weighted by molar-refractivity contribution is -0.172. The fourth-order valence-electron chi connectivity index (χ4n) is 8.94. The summed E-state index contributed by atoms with van der Waals surface area (Å²) in [6, 6.07) is 0. The highest BCUT2D eigenvalue weighted by Gasteiger charge is 2.65. The van der Waals surface area contributed by atoms with Gasteiger partial charge < -0.3 is 10.4 Å². The molecule has 168 valence electrons. The molecule has 5 rings (SSSR count). The molecule has 6 unspecified atom stereocenters. The number of carbonyl (C=O) groups excluding carboxylic acids is 2. The second-order valence-electron chi connectivity index (χ2n) is 12.0. The number of hydrogen-bond acceptors (Lipinski definition) is 4. The van der Waals surface area contributed by atoms with Crippen molar-refractivity contribution in [3.63, 3.8) is 0 Å². The van der Waals surface area contributed by atoms with Crippen molar-refractivity contribution < 1.29 is 14.7 Å². The van der Waals surface area contributed by atoms with Gasteiger partial charge >= 0.3 is 0 Å². The minimum Gasteiger partial charge on any atom is -0.396 e. The highest BCUT2D eigenvalue weighted by Crippen LogP contribution is 2.66. The van der Waals surface area contributed by atoms with Gasteiger partial charge in [-0.25, -0.2) is 0 Å². The molecule has 0 bridgehead atoms. The largest absolute Gasteiger partial charge is 0.396 e. The van der Waals surface area contributed by atoms with Crippen LogP contribution in [0.4, 0.5) is 0 Å². The third-order valence-electron chi connectivity index (χ3n) is 10.9. The van der Waals surface area contributed by atoms with Gasteiger partial charge in [0.1, 0.15) is 11.6 Å². The average Bonchev–Trinajstić information content (AvgIpc) is 3.36. The summed E-state index contributed by atoms with van der Waals surface area (Å²) >= 11 is 0. The SMILES string of the molecule is C[C@]12CC[C@H](CCC3CCNC3)CC1C(CO)C(=O)C1C2CC[C@]2(C)C(=O)CCC12. The third-order valence-corrected chi connectivity index (χ3v) is 10.9. The molecule has 30 heavy (non-hydrogen) atoms. The van der Waals surface area contributed by atoms with E-state index >= 15 is 0 Å². The van der Waals surface area contributed by atoms with Crippen LogP contribution < -0.4 is 5.32 Å². The van der Waals surface area contributed by atoms with E-state index in [1.807, 2.05) is 0 Å². The molecule has 1 saturated heterocycles. The molecule has 0 aromatic carbocycles. The number of aliphatic hydroxyl groups excluding tert-OH is 1. The summed E-state index contributed by atoms with van der Waals surface area (Å²) in [6.45, 7) is 6.92. The van der Waals surface area contributed by atoms with E-state index in [9.17, 15) is 14.7 Å². The Morgan fingerprint density at radius 2 is 1.77 bits per heavy atom. The van der Waals surface area contributed by atoms with Crippen molar-refractivity contribution in [2.24, 2.45) is 52.3 Å². The van der Waals surface area contributed by atoms with Crippen LogP contribution in [0.15, 0.2) is 0 Å².